The second-order valence-electron chi connectivity index (χ2n) is 7.40. The number of piperidine rings is 1. The lowest BCUT2D eigenvalue weighted by Crippen LogP contribution is -2.35. The summed E-state index contributed by atoms with van der Waals surface area (Å²) in [7, 11) is 0. The van der Waals surface area contributed by atoms with E-state index in [-0.39, 0.29) is 5.41 Å². The van der Waals surface area contributed by atoms with Crippen molar-refractivity contribution < 1.29 is 0 Å². The molecule has 0 bridgehead atoms. The quantitative estimate of drug-likeness (QED) is 0.853. The molecule has 22 heavy (non-hydrogen) atoms. The molecule has 2 aromatic rings. The van der Waals surface area contributed by atoms with Gasteiger partial charge in [-0.2, -0.15) is 0 Å². The van der Waals surface area contributed by atoms with Crippen molar-refractivity contribution >= 4 is 0 Å². The van der Waals surface area contributed by atoms with E-state index in [1.165, 1.54) is 37.3 Å². The number of aromatic nitrogens is 2. The molecule has 0 N–H and O–H groups in total. The highest BCUT2D eigenvalue weighted by molar-refractivity contribution is 5.14. The molecule has 0 amide bonds. The van der Waals surface area contributed by atoms with E-state index < -0.39 is 0 Å². The summed E-state index contributed by atoms with van der Waals surface area (Å²) in [5.74, 6) is 1.22. The van der Waals surface area contributed by atoms with Crippen molar-refractivity contribution in [3.05, 3.63) is 54.1 Å². The third-order valence-corrected chi connectivity index (χ3v) is 4.54. The minimum absolute atomic E-state index is 0.116. The number of hydrogen-bond donors (Lipinski definition) is 0. The van der Waals surface area contributed by atoms with Gasteiger partial charge in [0.25, 0.3) is 0 Å². The van der Waals surface area contributed by atoms with E-state index in [2.05, 4.69) is 71.8 Å². The average Bonchev–Trinajstić information content (AvgIpc) is 2.99. The van der Waals surface area contributed by atoms with Crippen LogP contribution < -0.4 is 0 Å². The molecule has 1 aromatic heterocycles. The number of likely N-dealkylation sites (tertiary alicyclic amines) is 1. The van der Waals surface area contributed by atoms with E-state index in [0.29, 0.717) is 6.04 Å². The van der Waals surface area contributed by atoms with Crippen molar-refractivity contribution in [1.82, 2.24) is 14.5 Å². The van der Waals surface area contributed by atoms with Crippen molar-refractivity contribution in [2.75, 3.05) is 13.1 Å². The van der Waals surface area contributed by atoms with E-state index in [4.69, 9.17) is 0 Å². The molecular weight excluding hydrogens is 270 g/mol. The molecule has 0 saturated carbocycles. The highest BCUT2D eigenvalue weighted by Crippen LogP contribution is 2.29. The van der Waals surface area contributed by atoms with Gasteiger partial charge in [-0.15, -0.1) is 0 Å². The Labute approximate surface area is 134 Å². The van der Waals surface area contributed by atoms with Crippen molar-refractivity contribution in [2.45, 2.75) is 51.6 Å². The summed E-state index contributed by atoms with van der Waals surface area (Å²) in [4.78, 5) is 7.17. The summed E-state index contributed by atoms with van der Waals surface area (Å²) in [5, 5.41) is 0. The molecule has 1 saturated heterocycles. The van der Waals surface area contributed by atoms with Gasteiger partial charge in [-0.3, -0.25) is 4.90 Å². The Balaban J connectivity index is 1.62. The van der Waals surface area contributed by atoms with Crippen LogP contribution in [-0.4, -0.2) is 27.5 Å². The molecule has 0 aliphatic carbocycles. The van der Waals surface area contributed by atoms with Crippen LogP contribution in [0.15, 0.2) is 42.7 Å². The monoisotopic (exact) mass is 297 g/mol. The predicted octanol–water partition coefficient (Wildman–Crippen LogP) is 4.02. The van der Waals surface area contributed by atoms with Crippen LogP contribution in [0.4, 0.5) is 0 Å². The molecule has 3 nitrogen and oxygen atoms in total. The van der Waals surface area contributed by atoms with Crippen LogP contribution in [0.1, 0.15) is 51.0 Å². The number of nitrogens with zero attached hydrogens (tertiary/aromatic N) is 3. The lowest BCUT2D eigenvalue weighted by atomic mass is 9.94. The Morgan fingerprint density at radius 1 is 1.09 bits per heavy atom. The van der Waals surface area contributed by atoms with Crippen LogP contribution in [0.5, 0.6) is 0 Å². The van der Waals surface area contributed by atoms with Gasteiger partial charge in [0.1, 0.15) is 5.82 Å². The van der Waals surface area contributed by atoms with Crippen molar-refractivity contribution in [3.8, 4) is 0 Å². The lowest BCUT2D eigenvalue weighted by molar-refractivity contribution is 0.176. The molecule has 118 valence electrons. The van der Waals surface area contributed by atoms with Gasteiger partial charge in [-0.25, -0.2) is 4.98 Å². The molecule has 0 unspecified atom stereocenters. The molecule has 0 spiro atoms. The maximum absolute atomic E-state index is 4.60. The van der Waals surface area contributed by atoms with E-state index in [9.17, 15) is 0 Å². The third kappa shape index (κ3) is 3.41. The third-order valence-electron chi connectivity index (χ3n) is 4.54. The first-order valence-electron chi connectivity index (χ1n) is 8.33. The molecule has 0 atom stereocenters. The van der Waals surface area contributed by atoms with Crippen LogP contribution in [0.2, 0.25) is 0 Å². The van der Waals surface area contributed by atoms with Gasteiger partial charge in [0.15, 0.2) is 0 Å². The maximum atomic E-state index is 4.60. The number of hydrogen-bond acceptors (Lipinski definition) is 2. The Bertz CT molecular complexity index is 587. The summed E-state index contributed by atoms with van der Waals surface area (Å²) in [6.07, 6.45) is 6.55. The van der Waals surface area contributed by atoms with E-state index in [1.807, 2.05) is 6.20 Å². The largest absolute Gasteiger partial charge is 0.331 e. The van der Waals surface area contributed by atoms with E-state index in [1.54, 1.807) is 0 Å². The van der Waals surface area contributed by atoms with Gasteiger partial charge in [0.2, 0.25) is 0 Å². The molecule has 0 radical (unpaired) electrons. The molecule has 1 aliphatic heterocycles. The lowest BCUT2D eigenvalue weighted by Gasteiger charge is -2.34. The van der Waals surface area contributed by atoms with Gasteiger partial charge < -0.3 is 4.57 Å². The minimum atomic E-state index is 0.116. The summed E-state index contributed by atoms with van der Waals surface area (Å²) < 4.78 is 2.42. The summed E-state index contributed by atoms with van der Waals surface area (Å²) in [6.45, 7) is 10.1. The molecule has 3 heteroatoms. The number of imidazole rings is 1. The van der Waals surface area contributed by atoms with Crippen LogP contribution in [-0.2, 0) is 12.0 Å². The number of rotatable bonds is 3. The molecule has 3 rings (SSSR count). The zero-order valence-corrected chi connectivity index (χ0v) is 14.0. The zero-order valence-electron chi connectivity index (χ0n) is 14.0. The Morgan fingerprint density at radius 3 is 2.41 bits per heavy atom. The van der Waals surface area contributed by atoms with Gasteiger partial charge in [0.05, 0.1) is 0 Å². The van der Waals surface area contributed by atoms with Crippen LogP contribution in [0, 0.1) is 0 Å². The standard InChI is InChI=1S/C19H27N3/c1-19(2,3)18-20-11-14-22(18)17-9-12-21(13-10-17)15-16-7-5-4-6-8-16/h4-8,11,14,17H,9-10,12-13,15H2,1-3H3. The fourth-order valence-corrected chi connectivity index (χ4v) is 3.39. The summed E-state index contributed by atoms with van der Waals surface area (Å²) in [5.41, 5.74) is 1.53. The second-order valence-corrected chi connectivity index (χ2v) is 7.40. The van der Waals surface area contributed by atoms with Crippen LogP contribution in [0.25, 0.3) is 0 Å². The first-order chi connectivity index (χ1) is 10.5. The smallest absolute Gasteiger partial charge is 0.114 e. The Morgan fingerprint density at radius 2 is 1.77 bits per heavy atom. The molecule has 1 aromatic carbocycles. The van der Waals surface area contributed by atoms with E-state index in [0.717, 1.165) is 6.54 Å². The molecular formula is C19H27N3. The molecule has 1 fully saturated rings. The van der Waals surface area contributed by atoms with Crippen LogP contribution >= 0.6 is 0 Å². The highest BCUT2D eigenvalue weighted by atomic mass is 15.2. The summed E-state index contributed by atoms with van der Waals surface area (Å²) in [6, 6.07) is 11.4. The van der Waals surface area contributed by atoms with Gasteiger partial charge in [-0.1, -0.05) is 51.1 Å². The fraction of sp³-hybridized carbons (Fsp3) is 0.526. The zero-order chi connectivity index (χ0) is 15.6. The fourth-order valence-electron chi connectivity index (χ4n) is 3.39. The Kier molecular flexibility index (Phi) is 4.34. The maximum Gasteiger partial charge on any atom is 0.114 e. The van der Waals surface area contributed by atoms with Crippen LogP contribution in [0.3, 0.4) is 0 Å². The molecule has 2 heterocycles. The van der Waals surface area contributed by atoms with E-state index >= 15 is 0 Å². The number of benzene rings is 1. The van der Waals surface area contributed by atoms with Crippen molar-refractivity contribution in [2.24, 2.45) is 0 Å². The predicted molar refractivity (Wildman–Crippen MR) is 90.9 cm³/mol. The van der Waals surface area contributed by atoms with Gasteiger partial charge >= 0.3 is 0 Å². The van der Waals surface area contributed by atoms with Gasteiger partial charge in [0, 0.05) is 43.5 Å². The Hall–Kier alpha value is -1.61. The topological polar surface area (TPSA) is 21.1 Å². The first kappa shape index (κ1) is 15.3. The van der Waals surface area contributed by atoms with Crippen molar-refractivity contribution in [3.63, 3.8) is 0 Å². The van der Waals surface area contributed by atoms with Gasteiger partial charge in [-0.05, 0) is 18.4 Å². The molecule has 1 aliphatic rings. The summed E-state index contributed by atoms with van der Waals surface area (Å²) >= 11 is 0. The highest BCUT2D eigenvalue weighted by Gasteiger charge is 2.26. The second kappa shape index (κ2) is 6.25. The minimum Gasteiger partial charge on any atom is -0.331 e. The van der Waals surface area contributed by atoms with Crippen molar-refractivity contribution in [1.29, 1.82) is 0 Å². The average molecular weight is 297 g/mol. The normalized spacial score (nSPS) is 17.8. The SMILES string of the molecule is CC(C)(C)c1nccn1C1CCN(Cc2ccccc2)CC1. The first-order valence-corrected chi connectivity index (χ1v) is 8.33.